The van der Waals surface area contributed by atoms with Gasteiger partial charge in [0.15, 0.2) is 0 Å². The van der Waals surface area contributed by atoms with Crippen LogP contribution in [-0.4, -0.2) is 27.5 Å². The molecule has 0 radical (unpaired) electrons. The van der Waals surface area contributed by atoms with Gasteiger partial charge in [-0.3, -0.25) is 4.79 Å². The molecule has 2 atom stereocenters. The Kier molecular flexibility index (Phi) is 9.49. The van der Waals surface area contributed by atoms with E-state index >= 15 is 0 Å². The van der Waals surface area contributed by atoms with Gasteiger partial charge in [0.05, 0.1) is 12.4 Å². The Bertz CT molecular complexity index is 534. The molecule has 1 aromatic heterocycles. The first-order valence-corrected chi connectivity index (χ1v) is 6.71. The first-order chi connectivity index (χ1) is 9.65. The van der Waals surface area contributed by atoms with Crippen LogP contribution in [0, 0.1) is 0 Å². The number of hydrogen-bond acceptors (Lipinski definition) is 3. The number of carbonyl (C=O) groups is 1. The summed E-state index contributed by atoms with van der Waals surface area (Å²) in [6.45, 7) is 2.64. The van der Waals surface area contributed by atoms with Crippen molar-refractivity contribution in [1.82, 2.24) is 14.9 Å². The molecule has 1 amide bonds. The molecule has 1 heterocycles. The van der Waals surface area contributed by atoms with Crippen molar-refractivity contribution in [1.29, 1.82) is 0 Å². The van der Waals surface area contributed by atoms with Crippen LogP contribution in [0.3, 0.4) is 0 Å². The number of nitrogens with two attached hydrogens (primary N) is 1. The third-order valence-electron chi connectivity index (χ3n) is 3.07. The molecule has 22 heavy (non-hydrogen) atoms. The molecule has 7 heteroatoms. The number of nitrogens with zero attached hydrogens (tertiary/aromatic N) is 2. The van der Waals surface area contributed by atoms with E-state index in [2.05, 4.69) is 10.3 Å². The first kappa shape index (κ1) is 20.4. The second-order valence-corrected chi connectivity index (χ2v) is 4.97. The monoisotopic (exact) mass is 344 g/mol. The number of rotatable bonds is 6. The molecular weight excluding hydrogens is 323 g/mol. The van der Waals surface area contributed by atoms with Crippen LogP contribution in [0.25, 0.3) is 0 Å². The minimum Gasteiger partial charge on any atom is -0.350 e. The van der Waals surface area contributed by atoms with Gasteiger partial charge in [-0.2, -0.15) is 0 Å². The third-order valence-corrected chi connectivity index (χ3v) is 3.07. The van der Waals surface area contributed by atoms with Crippen LogP contribution < -0.4 is 11.1 Å². The summed E-state index contributed by atoms with van der Waals surface area (Å²) < 4.78 is 1.92. The molecule has 3 N–H and O–H groups in total. The van der Waals surface area contributed by atoms with Crippen molar-refractivity contribution in [2.45, 2.75) is 32.0 Å². The lowest BCUT2D eigenvalue weighted by Gasteiger charge is -2.18. The largest absolute Gasteiger partial charge is 0.350 e. The molecule has 1 aromatic carbocycles. The molecule has 0 saturated carbocycles. The molecular formula is C15H22Cl2N4O. The summed E-state index contributed by atoms with van der Waals surface area (Å²) in [5.74, 6) is -0.124. The van der Waals surface area contributed by atoms with Gasteiger partial charge in [0.1, 0.15) is 0 Å². The van der Waals surface area contributed by atoms with Crippen molar-refractivity contribution >= 4 is 30.7 Å². The van der Waals surface area contributed by atoms with E-state index in [4.69, 9.17) is 5.73 Å². The van der Waals surface area contributed by atoms with E-state index in [1.54, 1.807) is 12.5 Å². The molecule has 0 aliphatic carbocycles. The van der Waals surface area contributed by atoms with Gasteiger partial charge in [0.25, 0.3) is 0 Å². The second kappa shape index (κ2) is 10.2. The Morgan fingerprint density at radius 2 is 2.00 bits per heavy atom. The van der Waals surface area contributed by atoms with Gasteiger partial charge in [0.2, 0.25) is 5.91 Å². The summed E-state index contributed by atoms with van der Waals surface area (Å²) in [6, 6.07) is 9.27. The van der Waals surface area contributed by atoms with Crippen molar-refractivity contribution < 1.29 is 4.79 Å². The Labute approximate surface area is 143 Å². The van der Waals surface area contributed by atoms with Gasteiger partial charge in [-0.1, -0.05) is 30.3 Å². The Morgan fingerprint density at radius 1 is 1.32 bits per heavy atom. The first-order valence-electron chi connectivity index (χ1n) is 6.71. The standard InChI is InChI=1S/C15H20N4O.2ClH/c1-12(10-19-8-7-17-11-19)18-15(20)14(16)9-13-5-3-2-4-6-13;;/h2-8,11-12,14H,9-10,16H2,1H3,(H,18,20);2*1H. The molecule has 5 nitrogen and oxygen atoms in total. The lowest BCUT2D eigenvalue weighted by Crippen LogP contribution is -2.46. The van der Waals surface area contributed by atoms with Gasteiger partial charge in [0, 0.05) is 25.0 Å². The zero-order valence-corrected chi connectivity index (χ0v) is 14.0. The van der Waals surface area contributed by atoms with E-state index in [9.17, 15) is 4.79 Å². The topological polar surface area (TPSA) is 72.9 Å². The van der Waals surface area contributed by atoms with Crippen LogP contribution in [0.5, 0.6) is 0 Å². The summed E-state index contributed by atoms with van der Waals surface area (Å²) in [4.78, 5) is 16.0. The average Bonchev–Trinajstić information content (AvgIpc) is 2.92. The third kappa shape index (κ3) is 6.47. The Hall–Kier alpha value is -1.56. The summed E-state index contributed by atoms with van der Waals surface area (Å²) >= 11 is 0. The van der Waals surface area contributed by atoms with Gasteiger partial charge >= 0.3 is 0 Å². The van der Waals surface area contributed by atoms with Gasteiger partial charge in [-0.05, 0) is 18.9 Å². The molecule has 0 aliphatic heterocycles. The summed E-state index contributed by atoms with van der Waals surface area (Å²) in [6.07, 6.45) is 5.86. The van der Waals surface area contributed by atoms with Gasteiger partial charge in [-0.15, -0.1) is 24.8 Å². The van der Waals surface area contributed by atoms with E-state index in [1.165, 1.54) is 0 Å². The predicted molar refractivity (Wildman–Crippen MR) is 92.4 cm³/mol. The zero-order valence-electron chi connectivity index (χ0n) is 12.4. The smallest absolute Gasteiger partial charge is 0.237 e. The number of nitrogens with one attached hydrogen (secondary N) is 1. The minimum absolute atomic E-state index is 0. The molecule has 0 saturated heterocycles. The number of halogens is 2. The maximum absolute atomic E-state index is 12.0. The molecule has 0 fully saturated rings. The Morgan fingerprint density at radius 3 is 2.59 bits per heavy atom. The summed E-state index contributed by atoms with van der Waals surface area (Å²) in [5.41, 5.74) is 7.01. The van der Waals surface area contributed by atoms with E-state index in [0.717, 1.165) is 5.56 Å². The fourth-order valence-corrected chi connectivity index (χ4v) is 2.07. The van der Waals surface area contributed by atoms with Crippen molar-refractivity contribution in [3.63, 3.8) is 0 Å². The van der Waals surface area contributed by atoms with E-state index in [1.807, 2.05) is 48.0 Å². The summed E-state index contributed by atoms with van der Waals surface area (Å²) in [5, 5.41) is 2.93. The molecule has 0 spiro atoms. The fourth-order valence-electron chi connectivity index (χ4n) is 2.07. The van der Waals surface area contributed by atoms with Crippen LogP contribution >= 0.6 is 24.8 Å². The number of benzene rings is 1. The fraction of sp³-hybridized carbons (Fsp3) is 0.333. The molecule has 122 valence electrons. The highest BCUT2D eigenvalue weighted by Crippen LogP contribution is 2.02. The van der Waals surface area contributed by atoms with Crippen LogP contribution in [0.15, 0.2) is 49.1 Å². The number of hydrogen-bond donors (Lipinski definition) is 2. The predicted octanol–water partition coefficient (Wildman–Crippen LogP) is 1.80. The van der Waals surface area contributed by atoms with Gasteiger partial charge < -0.3 is 15.6 Å². The van der Waals surface area contributed by atoms with Crippen LogP contribution in [-0.2, 0) is 17.8 Å². The van der Waals surface area contributed by atoms with Crippen molar-refractivity contribution in [3.8, 4) is 0 Å². The highest BCUT2D eigenvalue weighted by Gasteiger charge is 2.16. The van der Waals surface area contributed by atoms with Crippen LogP contribution in [0.2, 0.25) is 0 Å². The highest BCUT2D eigenvalue weighted by atomic mass is 35.5. The quantitative estimate of drug-likeness (QED) is 0.839. The minimum atomic E-state index is -0.525. The normalized spacial score (nSPS) is 12.5. The molecule has 2 rings (SSSR count). The maximum atomic E-state index is 12.0. The van der Waals surface area contributed by atoms with Crippen LogP contribution in [0.1, 0.15) is 12.5 Å². The summed E-state index contributed by atoms with van der Waals surface area (Å²) in [7, 11) is 0. The average molecular weight is 345 g/mol. The highest BCUT2D eigenvalue weighted by molar-refractivity contribution is 5.85. The number of carbonyl (C=O) groups excluding carboxylic acids is 1. The van der Waals surface area contributed by atoms with Crippen molar-refractivity contribution in [2.24, 2.45) is 5.73 Å². The van der Waals surface area contributed by atoms with Crippen molar-refractivity contribution in [3.05, 3.63) is 54.6 Å². The maximum Gasteiger partial charge on any atom is 0.237 e. The molecule has 2 aromatic rings. The van der Waals surface area contributed by atoms with Crippen molar-refractivity contribution in [2.75, 3.05) is 0 Å². The SMILES string of the molecule is CC(Cn1ccnc1)NC(=O)C(N)Cc1ccccc1.Cl.Cl. The Balaban J connectivity index is 0.00000220. The lowest BCUT2D eigenvalue weighted by molar-refractivity contribution is -0.123. The van der Waals surface area contributed by atoms with Gasteiger partial charge in [-0.25, -0.2) is 4.98 Å². The van der Waals surface area contributed by atoms with E-state index in [-0.39, 0.29) is 36.8 Å². The zero-order chi connectivity index (χ0) is 14.4. The number of imidazole rings is 1. The van der Waals surface area contributed by atoms with E-state index < -0.39 is 6.04 Å². The second-order valence-electron chi connectivity index (χ2n) is 4.97. The molecule has 2 unspecified atom stereocenters. The van der Waals surface area contributed by atoms with Crippen LogP contribution in [0.4, 0.5) is 0 Å². The molecule has 0 aliphatic rings. The number of amides is 1. The number of aromatic nitrogens is 2. The lowest BCUT2D eigenvalue weighted by atomic mass is 10.1. The van der Waals surface area contributed by atoms with E-state index in [0.29, 0.717) is 13.0 Å². The molecule has 0 bridgehead atoms.